The van der Waals surface area contributed by atoms with Crippen molar-refractivity contribution in [1.82, 2.24) is 5.32 Å². The lowest BCUT2D eigenvalue weighted by Crippen LogP contribution is -2.36. The quantitative estimate of drug-likeness (QED) is 0.741. The van der Waals surface area contributed by atoms with Gasteiger partial charge in [0.2, 0.25) is 10.0 Å². The van der Waals surface area contributed by atoms with E-state index >= 15 is 0 Å². The smallest absolute Gasteiger partial charge is 0.210 e. The zero-order valence-electron chi connectivity index (χ0n) is 10.3. The molecule has 0 amide bonds. The molecule has 1 aromatic carbocycles. The third kappa shape index (κ3) is 5.30. The number of primary sulfonamides is 1. The van der Waals surface area contributed by atoms with Crippen molar-refractivity contribution >= 4 is 10.0 Å². The lowest BCUT2D eigenvalue weighted by molar-refractivity contribution is 0.476. The van der Waals surface area contributed by atoms with Gasteiger partial charge in [-0.05, 0) is 5.56 Å². The van der Waals surface area contributed by atoms with Gasteiger partial charge in [0.05, 0.1) is 5.75 Å². The minimum atomic E-state index is -3.37. The van der Waals surface area contributed by atoms with E-state index in [1.54, 1.807) is 0 Å². The Kier molecular flexibility index (Phi) is 4.68. The molecule has 0 heterocycles. The molecule has 0 unspecified atom stereocenters. The number of hydrogen-bond donors (Lipinski definition) is 2. The van der Waals surface area contributed by atoms with Gasteiger partial charge in [-0.15, -0.1) is 0 Å². The highest BCUT2D eigenvalue weighted by Gasteiger charge is 2.19. The van der Waals surface area contributed by atoms with Gasteiger partial charge in [0, 0.05) is 18.5 Å². The van der Waals surface area contributed by atoms with Crippen molar-refractivity contribution in [1.29, 1.82) is 0 Å². The van der Waals surface area contributed by atoms with Crippen LogP contribution in [0.5, 0.6) is 0 Å². The largest absolute Gasteiger partial charge is 0.315 e. The zero-order valence-corrected chi connectivity index (χ0v) is 11.1. The van der Waals surface area contributed by atoms with Gasteiger partial charge in [-0.2, -0.15) is 0 Å². The summed E-state index contributed by atoms with van der Waals surface area (Å²) in [4.78, 5) is 0. The highest BCUT2D eigenvalue weighted by Crippen LogP contribution is 2.21. The van der Waals surface area contributed by atoms with E-state index in [2.05, 4.69) is 31.3 Å². The molecular formula is C12H20N2O2S. The number of benzene rings is 1. The standard InChI is InChI=1S/C12H20N2O2S/c1-12(2,11-6-4-3-5-7-11)10-14-8-9-17(13,15)16/h3-7,14H,8-10H2,1-2H3,(H2,13,15,16). The molecule has 0 atom stereocenters. The summed E-state index contributed by atoms with van der Waals surface area (Å²) in [5, 5.41) is 8.05. The van der Waals surface area contributed by atoms with Crippen molar-refractivity contribution in [3.05, 3.63) is 35.9 Å². The predicted molar refractivity (Wildman–Crippen MR) is 70.3 cm³/mol. The highest BCUT2D eigenvalue weighted by atomic mass is 32.2. The molecule has 4 nitrogen and oxygen atoms in total. The lowest BCUT2D eigenvalue weighted by Gasteiger charge is -2.25. The molecule has 0 fully saturated rings. The summed E-state index contributed by atoms with van der Waals surface area (Å²) in [6.45, 7) is 5.33. The van der Waals surface area contributed by atoms with Crippen LogP contribution >= 0.6 is 0 Å². The summed E-state index contributed by atoms with van der Waals surface area (Å²) in [6.07, 6.45) is 0. The van der Waals surface area contributed by atoms with Crippen LogP contribution in [0.4, 0.5) is 0 Å². The van der Waals surface area contributed by atoms with Crippen molar-refractivity contribution in [3.8, 4) is 0 Å². The van der Waals surface area contributed by atoms with Crippen molar-refractivity contribution in [3.63, 3.8) is 0 Å². The molecule has 0 saturated heterocycles. The Bertz CT molecular complexity index is 441. The molecule has 0 spiro atoms. The average molecular weight is 256 g/mol. The van der Waals surface area contributed by atoms with Crippen LogP contribution in [-0.4, -0.2) is 27.3 Å². The van der Waals surface area contributed by atoms with Crippen molar-refractivity contribution in [2.24, 2.45) is 5.14 Å². The van der Waals surface area contributed by atoms with E-state index in [-0.39, 0.29) is 11.2 Å². The maximum absolute atomic E-state index is 10.8. The van der Waals surface area contributed by atoms with Gasteiger partial charge in [-0.25, -0.2) is 13.6 Å². The molecule has 0 bridgehead atoms. The first-order valence-electron chi connectivity index (χ1n) is 5.58. The monoisotopic (exact) mass is 256 g/mol. The second kappa shape index (κ2) is 5.62. The van der Waals surface area contributed by atoms with E-state index in [0.717, 1.165) is 0 Å². The highest BCUT2D eigenvalue weighted by molar-refractivity contribution is 7.89. The van der Waals surface area contributed by atoms with E-state index in [4.69, 9.17) is 5.14 Å². The third-order valence-corrected chi connectivity index (χ3v) is 3.46. The number of nitrogens with two attached hydrogens (primary N) is 1. The van der Waals surface area contributed by atoms with Gasteiger partial charge in [-0.1, -0.05) is 44.2 Å². The van der Waals surface area contributed by atoms with E-state index < -0.39 is 10.0 Å². The maximum Gasteiger partial charge on any atom is 0.210 e. The Balaban J connectivity index is 2.46. The van der Waals surface area contributed by atoms with Crippen LogP contribution in [-0.2, 0) is 15.4 Å². The molecule has 0 aliphatic rings. The minimum Gasteiger partial charge on any atom is -0.315 e. The van der Waals surface area contributed by atoms with Gasteiger partial charge in [0.15, 0.2) is 0 Å². The van der Waals surface area contributed by atoms with Crippen molar-refractivity contribution in [2.45, 2.75) is 19.3 Å². The number of sulfonamides is 1. The Hall–Kier alpha value is -0.910. The number of hydrogen-bond acceptors (Lipinski definition) is 3. The molecule has 0 radical (unpaired) electrons. The average Bonchev–Trinajstić information content (AvgIpc) is 2.25. The first kappa shape index (κ1) is 14.2. The zero-order chi connectivity index (χ0) is 12.9. The first-order chi connectivity index (χ1) is 7.81. The lowest BCUT2D eigenvalue weighted by atomic mass is 9.85. The topological polar surface area (TPSA) is 72.2 Å². The SMILES string of the molecule is CC(C)(CNCCS(N)(=O)=O)c1ccccc1. The fraction of sp³-hybridized carbons (Fsp3) is 0.500. The molecule has 1 aromatic rings. The Morgan fingerprint density at radius 2 is 1.82 bits per heavy atom. The predicted octanol–water partition coefficient (Wildman–Crippen LogP) is 0.842. The summed E-state index contributed by atoms with van der Waals surface area (Å²) in [7, 11) is -3.37. The molecule has 1 rings (SSSR count). The Morgan fingerprint density at radius 3 is 2.35 bits per heavy atom. The van der Waals surface area contributed by atoms with Crippen LogP contribution in [0, 0.1) is 0 Å². The first-order valence-corrected chi connectivity index (χ1v) is 7.29. The molecule has 5 heteroatoms. The summed E-state index contributed by atoms with van der Waals surface area (Å²) >= 11 is 0. The molecule has 17 heavy (non-hydrogen) atoms. The number of nitrogens with one attached hydrogen (secondary N) is 1. The summed E-state index contributed by atoms with van der Waals surface area (Å²) in [6, 6.07) is 10.1. The second-order valence-electron chi connectivity index (χ2n) is 4.79. The van der Waals surface area contributed by atoms with Crippen LogP contribution in [0.15, 0.2) is 30.3 Å². The van der Waals surface area contributed by atoms with Gasteiger partial charge in [0.1, 0.15) is 0 Å². The number of rotatable bonds is 6. The molecule has 3 N–H and O–H groups in total. The maximum atomic E-state index is 10.8. The van der Waals surface area contributed by atoms with Crippen LogP contribution in [0.25, 0.3) is 0 Å². The fourth-order valence-corrected chi connectivity index (χ4v) is 2.04. The minimum absolute atomic E-state index is 0.0282. The van der Waals surface area contributed by atoms with Crippen LogP contribution in [0.1, 0.15) is 19.4 Å². The molecule has 0 aliphatic heterocycles. The molecule has 0 aliphatic carbocycles. The van der Waals surface area contributed by atoms with Crippen molar-refractivity contribution < 1.29 is 8.42 Å². The molecular weight excluding hydrogens is 236 g/mol. The van der Waals surface area contributed by atoms with Crippen LogP contribution in [0.2, 0.25) is 0 Å². The van der Waals surface area contributed by atoms with Crippen LogP contribution in [0.3, 0.4) is 0 Å². The van der Waals surface area contributed by atoms with E-state index in [1.807, 2.05) is 18.2 Å². The van der Waals surface area contributed by atoms with Gasteiger partial charge in [0.25, 0.3) is 0 Å². The van der Waals surface area contributed by atoms with Gasteiger partial charge in [-0.3, -0.25) is 0 Å². The second-order valence-corrected chi connectivity index (χ2v) is 6.53. The summed E-state index contributed by atoms with van der Waals surface area (Å²) in [5.74, 6) is -0.0299. The van der Waals surface area contributed by atoms with Gasteiger partial charge < -0.3 is 5.32 Å². The Morgan fingerprint density at radius 1 is 1.24 bits per heavy atom. The normalized spacial score (nSPS) is 12.6. The summed E-state index contributed by atoms with van der Waals surface area (Å²) < 4.78 is 21.5. The van der Waals surface area contributed by atoms with E-state index in [0.29, 0.717) is 13.1 Å². The van der Waals surface area contributed by atoms with E-state index in [1.165, 1.54) is 5.56 Å². The molecule has 0 saturated carbocycles. The fourth-order valence-electron chi connectivity index (χ4n) is 1.61. The van der Waals surface area contributed by atoms with Gasteiger partial charge >= 0.3 is 0 Å². The summed E-state index contributed by atoms with van der Waals surface area (Å²) in [5.41, 5.74) is 1.20. The Labute approximate surface area is 103 Å². The van der Waals surface area contributed by atoms with Crippen LogP contribution < -0.4 is 10.5 Å². The molecule has 0 aromatic heterocycles. The van der Waals surface area contributed by atoms with E-state index in [9.17, 15) is 8.42 Å². The van der Waals surface area contributed by atoms with Crippen molar-refractivity contribution in [2.75, 3.05) is 18.8 Å². The molecule has 96 valence electrons. The third-order valence-electron chi connectivity index (χ3n) is 2.69.